The molecule has 0 spiro atoms. The molecule has 0 unspecified atom stereocenters. The van der Waals surface area contributed by atoms with Gasteiger partial charge in [0.25, 0.3) is 0 Å². The highest BCUT2D eigenvalue weighted by Gasteiger charge is 2.04. The van der Waals surface area contributed by atoms with Gasteiger partial charge in [0.1, 0.15) is 5.82 Å². The molecule has 1 aromatic rings. The maximum absolute atomic E-state index is 12.8. The Labute approximate surface area is 167 Å². The molecule has 0 amide bonds. The van der Waals surface area contributed by atoms with Crippen LogP contribution < -0.4 is 15.4 Å². The number of halogens is 2. The number of nitrogens with one attached hydrogen (secondary N) is 3. The molecule has 0 atom stereocenters. The molecular formula is C16H28FIN4O2S. The average molecular weight is 486 g/mol. The van der Waals surface area contributed by atoms with Crippen LogP contribution in [0.1, 0.15) is 25.8 Å². The molecule has 144 valence electrons. The molecule has 0 saturated carbocycles. The SMILES string of the molecule is CCNC(=NCCCNS(=O)(=O)CC)NCCc1ccc(F)cc1.I. The summed E-state index contributed by atoms with van der Waals surface area (Å²) in [5.74, 6) is 0.544. The van der Waals surface area contributed by atoms with Crippen molar-refractivity contribution in [2.24, 2.45) is 4.99 Å². The summed E-state index contributed by atoms with van der Waals surface area (Å²) in [5, 5.41) is 6.35. The summed E-state index contributed by atoms with van der Waals surface area (Å²) in [6.45, 7) is 5.92. The van der Waals surface area contributed by atoms with Crippen molar-refractivity contribution < 1.29 is 12.8 Å². The van der Waals surface area contributed by atoms with E-state index in [0.717, 1.165) is 18.5 Å². The van der Waals surface area contributed by atoms with Crippen LogP contribution in [0, 0.1) is 5.82 Å². The van der Waals surface area contributed by atoms with Crippen LogP contribution in [-0.2, 0) is 16.4 Å². The zero-order chi connectivity index (χ0) is 17.8. The number of rotatable bonds is 10. The highest BCUT2D eigenvalue weighted by molar-refractivity contribution is 14.0. The second kappa shape index (κ2) is 13.3. The number of hydrogen-bond acceptors (Lipinski definition) is 3. The third-order valence-electron chi connectivity index (χ3n) is 3.27. The summed E-state index contributed by atoms with van der Waals surface area (Å²) in [6, 6.07) is 6.43. The van der Waals surface area contributed by atoms with Gasteiger partial charge in [0.05, 0.1) is 5.75 Å². The van der Waals surface area contributed by atoms with Crippen LogP contribution in [0.3, 0.4) is 0 Å². The molecule has 3 N–H and O–H groups in total. The Balaban J connectivity index is 0.00000576. The molecule has 0 fully saturated rings. The summed E-state index contributed by atoms with van der Waals surface area (Å²) in [6.07, 6.45) is 1.40. The Hall–Kier alpha value is -0.940. The highest BCUT2D eigenvalue weighted by Crippen LogP contribution is 2.02. The van der Waals surface area contributed by atoms with Gasteiger partial charge in [-0.3, -0.25) is 4.99 Å². The van der Waals surface area contributed by atoms with Crippen molar-refractivity contribution in [3.05, 3.63) is 35.6 Å². The van der Waals surface area contributed by atoms with E-state index in [1.807, 2.05) is 6.92 Å². The van der Waals surface area contributed by atoms with Gasteiger partial charge in [-0.05, 0) is 44.4 Å². The maximum atomic E-state index is 12.8. The quantitative estimate of drug-likeness (QED) is 0.204. The summed E-state index contributed by atoms with van der Waals surface area (Å²) >= 11 is 0. The van der Waals surface area contributed by atoms with Crippen molar-refractivity contribution >= 4 is 40.0 Å². The van der Waals surface area contributed by atoms with Gasteiger partial charge in [0, 0.05) is 26.2 Å². The van der Waals surface area contributed by atoms with Gasteiger partial charge < -0.3 is 10.6 Å². The topological polar surface area (TPSA) is 82.6 Å². The van der Waals surface area contributed by atoms with Crippen LogP contribution in [0.15, 0.2) is 29.3 Å². The van der Waals surface area contributed by atoms with Crippen molar-refractivity contribution in [2.45, 2.75) is 26.7 Å². The number of sulfonamides is 1. The first kappa shape index (κ1) is 24.1. The molecule has 9 heteroatoms. The van der Waals surface area contributed by atoms with Crippen LogP contribution in [0.2, 0.25) is 0 Å². The number of benzene rings is 1. The van der Waals surface area contributed by atoms with E-state index in [4.69, 9.17) is 0 Å². The molecule has 0 aliphatic rings. The summed E-state index contributed by atoms with van der Waals surface area (Å²) in [7, 11) is -3.13. The molecule has 1 rings (SSSR count). The second-order valence-corrected chi connectivity index (χ2v) is 7.31. The summed E-state index contributed by atoms with van der Waals surface area (Å²) in [4.78, 5) is 4.40. The first-order chi connectivity index (χ1) is 11.5. The lowest BCUT2D eigenvalue weighted by Gasteiger charge is -2.11. The van der Waals surface area contributed by atoms with Gasteiger partial charge in [-0.15, -0.1) is 24.0 Å². The first-order valence-electron chi connectivity index (χ1n) is 8.20. The molecule has 0 bridgehead atoms. The minimum atomic E-state index is -3.13. The van der Waals surface area contributed by atoms with E-state index in [9.17, 15) is 12.8 Å². The highest BCUT2D eigenvalue weighted by atomic mass is 127. The van der Waals surface area contributed by atoms with Crippen molar-refractivity contribution in [3.8, 4) is 0 Å². The zero-order valence-electron chi connectivity index (χ0n) is 14.7. The third-order valence-corrected chi connectivity index (χ3v) is 4.67. The van der Waals surface area contributed by atoms with E-state index in [-0.39, 0.29) is 35.5 Å². The van der Waals surface area contributed by atoms with E-state index in [0.29, 0.717) is 32.0 Å². The number of nitrogens with zero attached hydrogens (tertiary/aromatic N) is 1. The smallest absolute Gasteiger partial charge is 0.211 e. The standard InChI is InChI=1S/C16H27FN4O2S.HI/c1-3-18-16(19-11-5-12-21-24(22,23)4-2)20-13-10-14-6-8-15(17)9-7-14;/h6-9,21H,3-5,10-13H2,1-2H3,(H2,18,19,20);1H. The molecule has 0 aromatic heterocycles. The van der Waals surface area contributed by atoms with E-state index in [1.165, 1.54) is 12.1 Å². The molecular weight excluding hydrogens is 458 g/mol. The molecule has 0 aliphatic heterocycles. The molecule has 0 heterocycles. The fourth-order valence-electron chi connectivity index (χ4n) is 1.92. The largest absolute Gasteiger partial charge is 0.357 e. The fourth-order valence-corrected chi connectivity index (χ4v) is 2.58. The minimum Gasteiger partial charge on any atom is -0.357 e. The Bertz CT molecular complexity index is 609. The second-order valence-electron chi connectivity index (χ2n) is 5.22. The van der Waals surface area contributed by atoms with Crippen LogP contribution in [0.4, 0.5) is 4.39 Å². The Morgan fingerprint density at radius 2 is 1.80 bits per heavy atom. The summed E-state index contributed by atoms with van der Waals surface area (Å²) < 4.78 is 38.0. The zero-order valence-corrected chi connectivity index (χ0v) is 17.9. The normalized spacial score (nSPS) is 11.7. The van der Waals surface area contributed by atoms with Gasteiger partial charge in [-0.2, -0.15) is 0 Å². The maximum Gasteiger partial charge on any atom is 0.211 e. The monoisotopic (exact) mass is 486 g/mol. The van der Waals surface area contributed by atoms with Crippen LogP contribution in [0.25, 0.3) is 0 Å². The lowest BCUT2D eigenvalue weighted by Crippen LogP contribution is -2.38. The van der Waals surface area contributed by atoms with Crippen molar-refractivity contribution in [2.75, 3.05) is 31.9 Å². The molecule has 1 aromatic carbocycles. The van der Waals surface area contributed by atoms with E-state index < -0.39 is 10.0 Å². The molecule has 0 saturated heterocycles. The van der Waals surface area contributed by atoms with Crippen molar-refractivity contribution in [1.29, 1.82) is 0 Å². The molecule has 25 heavy (non-hydrogen) atoms. The van der Waals surface area contributed by atoms with Gasteiger partial charge in [0.15, 0.2) is 5.96 Å². The van der Waals surface area contributed by atoms with Crippen molar-refractivity contribution in [3.63, 3.8) is 0 Å². The fraction of sp³-hybridized carbons (Fsp3) is 0.562. The molecule has 6 nitrogen and oxygen atoms in total. The van der Waals surface area contributed by atoms with Gasteiger partial charge in [-0.1, -0.05) is 12.1 Å². The Morgan fingerprint density at radius 1 is 1.12 bits per heavy atom. The minimum absolute atomic E-state index is 0. The van der Waals surface area contributed by atoms with E-state index in [1.54, 1.807) is 19.1 Å². The first-order valence-corrected chi connectivity index (χ1v) is 9.86. The van der Waals surface area contributed by atoms with E-state index >= 15 is 0 Å². The lowest BCUT2D eigenvalue weighted by molar-refractivity contribution is 0.581. The van der Waals surface area contributed by atoms with Crippen LogP contribution in [-0.4, -0.2) is 46.3 Å². The third kappa shape index (κ3) is 11.3. The summed E-state index contributed by atoms with van der Waals surface area (Å²) in [5.41, 5.74) is 1.05. The Morgan fingerprint density at radius 3 is 2.40 bits per heavy atom. The van der Waals surface area contributed by atoms with Gasteiger partial charge in [0.2, 0.25) is 10.0 Å². The lowest BCUT2D eigenvalue weighted by atomic mass is 10.1. The number of aliphatic imine (C=N–C) groups is 1. The predicted octanol–water partition coefficient (Wildman–Crippen LogP) is 1.87. The van der Waals surface area contributed by atoms with E-state index in [2.05, 4.69) is 20.3 Å². The average Bonchev–Trinajstić information content (AvgIpc) is 2.56. The van der Waals surface area contributed by atoms with Gasteiger partial charge >= 0.3 is 0 Å². The predicted molar refractivity (Wildman–Crippen MR) is 112 cm³/mol. The molecule has 0 radical (unpaired) electrons. The van der Waals surface area contributed by atoms with Crippen molar-refractivity contribution in [1.82, 2.24) is 15.4 Å². The number of hydrogen-bond donors (Lipinski definition) is 3. The van der Waals surface area contributed by atoms with Crippen LogP contribution >= 0.6 is 24.0 Å². The van der Waals surface area contributed by atoms with Crippen LogP contribution in [0.5, 0.6) is 0 Å². The Kier molecular flexibility index (Phi) is 12.8. The van der Waals surface area contributed by atoms with Gasteiger partial charge in [-0.25, -0.2) is 17.5 Å². The molecule has 0 aliphatic carbocycles. The number of guanidine groups is 1.